The average molecular weight is 189 g/mol. The Labute approximate surface area is 74.8 Å². The molecule has 0 aromatic carbocycles. The first-order chi connectivity index (χ1) is 5.63. The third kappa shape index (κ3) is 1.98. The van der Waals surface area contributed by atoms with Crippen LogP contribution in [0, 0.1) is 0 Å². The second-order valence-electron chi connectivity index (χ2n) is 2.35. The van der Waals surface area contributed by atoms with Crippen molar-refractivity contribution in [2.45, 2.75) is 19.9 Å². The fraction of sp³-hybridized carbons (Fsp3) is 0.429. The summed E-state index contributed by atoms with van der Waals surface area (Å²) in [6, 6.07) is 0. The van der Waals surface area contributed by atoms with E-state index in [2.05, 4.69) is 5.10 Å². The number of nitrogens with zero attached hydrogens (tertiary/aromatic N) is 2. The second-order valence-corrected chi connectivity index (χ2v) is 2.76. The number of carbonyl (C=O) groups is 1. The second kappa shape index (κ2) is 3.58. The first-order valence-corrected chi connectivity index (χ1v) is 3.95. The van der Waals surface area contributed by atoms with Crippen molar-refractivity contribution in [3.8, 4) is 0 Å². The van der Waals surface area contributed by atoms with E-state index in [9.17, 15) is 4.79 Å². The minimum Gasteiger partial charge on any atom is -0.481 e. The number of aryl methyl sites for hydroxylation is 1. The van der Waals surface area contributed by atoms with Gasteiger partial charge in [0.2, 0.25) is 0 Å². The Hall–Kier alpha value is -1.03. The van der Waals surface area contributed by atoms with Crippen molar-refractivity contribution >= 4 is 17.6 Å². The van der Waals surface area contributed by atoms with Crippen LogP contribution >= 0.6 is 11.6 Å². The molecule has 0 bridgehead atoms. The van der Waals surface area contributed by atoms with Gasteiger partial charge in [-0.15, -0.1) is 0 Å². The van der Waals surface area contributed by atoms with Gasteiger partial charge in [0.25, 0.3) is 0 Å². The Balaban J connectivity index is 2.84. The SMILES string of the molecule is CCn1cc(Cl)c(CC(=O)O)n1. The van der Waals surface area contributed by atoms with Crippen LogP contribution in [-0.4, -0.2) is 20.9 Å². The Morgan fingerprint density at radius 1 is 1.83 bits per heavy atom. The van der Waals surface area contributed by atoms with Crippen LogP contribution in [0.5, 0.6) is 0 Å². The molecule has 1 aromatic heterocycles. The molecule has 0 unspecified atom stereocenters. The van der Waals surface area contributed by atoms with Crippen molar-refractivity contribution in [2.75, 3.05) is 0 Å². The van der Waals surface area contributed by atoms with E-state index in [1.807, 2.05) is 6.92 Å². The molecule has 1 aromatic rings. The molecule has 66 valence electrons. The smallest absolute Gasteiger partial charge is 0.309 e. The Kier molecular flexibility index (Phi) is 2.70. The van der Waals surface area contributed by atoms with E-state index >= 15 is 0 Å². The summed E-state index contributed by atoms with van der Waals surface area (Å²) < 4.78 is 1.61. The summed E-state index contributed by atoms with van der Waals surface area (Å²) in [4.78, 5) is 10.3. The fourth-order valence-electron chi connectivity index (χ4n) is 0.862. The standard InChI is InChI=1S/C7H9ClN2O2/c1-2-10-4-5(8)6(9-10)3-7(11)12/h4H,2-3H2,1H3,(H,11,12). The zero-order valence-corrected chi connectivity index (χ0v) is 7.38. The molecular weight excluding hydrogens is 180 g/mol. The van der Waals surface area contributed by atoms with Crippen molar-refractivity contribution in [1.29, 1.82) is 0 Å². The van der Waals surface area contributed by atoms with Gasteiger partial charge in [0, 0.05) is 12.7 Å². The molecule has 0 radical (unpaired) electrons. The summed E-state index contributed by atoms with van der Waals surface area (Å²) in [7, 11) is 0. The van der Waals surface area contributed by atoms with Crippen LogP contribution in [0.2, 0.25) is 5.02 Å². The maximum atomic E-state index is 10.3. The molecule has 1 heterocycles. The van der Waals surface area contributed by atoms with Crippen molar-refractivity contribution in [1.82, 2.24) is 9.78 Å². The maximum absolute atomic E-state index is 10.3. The predicted molar refractivity (Wildman–Crippen MR) is 44.3 cm³/mol. The summed E-state index contributed by atoms with van der Waals surface area (Å²) in [5, 5.41) is 12.9. The lowest BCUT2D eigenvalue weighted by atomic mass is 10.3. The van der Waals surface area contributed by atoms with Gasteiger partial charge < -0.3 is 5.11 Å². The zero-order valence-electron chi connectivity index (χ0n) is 6.62. The topological polar surface area (TPSA) is 55.1 Å². The van der Waals surface area contributed by atoms with Gasteiger partial charge in [-0.25, -0.2) is 0 Å². The van der Waals surface area contributed by atoms with Crippen LogP contribution in [0.15, 0.2) is 6.20 Å². The van der Waals surface area contributed by atoms with Crippen LogP contribution in [0.3, 0.4) is 0 Å². The van der Waals surface area contributed by atoms with Gasteiger partial charge in [-0.3, -0.25) is 9.48 Å². The highest BCUT2D eigenvalue weighted by atomic mass is 35.5. The number of carboxylic acid groups (broad SMARTS) is 1. The largest absolute Gasteiger partial charge is 0.481 e. The van der Waals surface area contributed by atoms with Gasteiger partial charge in [-0.1, -0.05) is 11.6 Å². The molecule has 0 saturated heterocycles. The van der Waals surface area contributed by atoms with E-state index in [1.165, 1.54) is 0 Å². The molecule has 0 amide bonds. The van der Waals surface area contributed by atoms with E-state index in [0.29, 0.717) is 17.3 Å². The van der Waals surface area contributed by atoms with Gasteiger partial charge in [-0.05, 0) is 6.92 Å². The molecule has 4 nitrogen and oxygen atoms in total. The third-order valence-electron chi connectivity index (χ3n) is 1.43. The Morgan fingerprint density at radius 2 is 2.50 bits per heavy atom. The van der Waals surface area contributed by atoms with Gasteiger partial charge in [0.05, 0.1) is 17.1 Å². The van der Waals surface area contributed by atoms with Crippen molar-refractivity contribution in [3.63, 3.8) is 0 Å². The number of carboxylic acids is 1. The van der Waals surface area contributed by atoms with Crippen LogP contribution < -0.4 is 0 Å². The average Bonchev–Trinajstić information content (AvgIpc) is 2.31. The normalized spacial score (nSPS) is 10.2. The van der Waals surface area contributed by atoms with Gasteiger partial charge in [0.1, 0.15) is 0 Å². The summed E-state index contributed by atoms with van der Waals surface area (Å²) in [5.41, 5.74) is 0.422. The minimum atomic E-state index is -0.918. The summed E-state index contributed by atoms with van der Waals surface area (Å²) in [5.74, 6) is -0.918. The number of halogens is 1. The highest BCUT2D eigenvalue weighted by Crippen LogP contribution is 2.13. The monoisotopic (exact) mass is 188 g/mol. The molecular formula is C7H9ClN2O2. The van der Waals surface area contributed by atoms with E-state index in [4.69, 9.17) is 16.7 Å². The van der Waals surface area contributed by atoms with Gasteiger partial charge in [0.15, 0.2) is 0 Å². The quantitative estimate of drug-likeness (QED) is 0.775. The number of hydrogen-bond acceptors (Lipinski definition) is 2. The van der Waals surface area contributed by atoms with E-state index in [-0.39, 0.29) is 6.42 Å². The summed E-state index contributed by atoms with van der Waals surface area (Å²) in [6.07, 6.45) is 1.51. The summed E-state index contributed by atoms with van der Waals surface area (Å²) in [6.45, 7) is 2.60. The van der Waals surface area contributed by atoms with Crippen LogP contribution in [-0.2, 0) is 17.8 Å². The Morgan fingerprint density at radius 3 is 2.92 bits per heavy atom. The Bertz CT molecular complexity index is 296. The molecule has 0 spiro atoms. The zero-order chi connectivity index (χ0) is 9.14. The molecule has 12 heavy (non-hydrogen) atoms. The lowest BCUT2D eigenvalue weighted by molar-refractivity contribution is -0.136. The number of aromatic nitrogens is 2. The molecule has 0 aliphatic rings. The third-order valence-corrected chi connectivity index (χ3v) is 1.75. The predicted octanol–water partition coefficient (Wildman–Crippen LogP) is 1.18. The van der Waals surface area contributed by atoms with Crippen molar-refractivity contribution in [3.05, 3.63) is 16.9 Å². The van der Waals surface area contributed by atoms with Crippen LogP contribution in [0.4, 0.5) is 0 Å². The molecule has 1 N–H and O–H groups in total. The van der Waals surface area contributed by atoms with E-state index in [0.717, 1.165) is 0 Å². The highest BCUT2D eigenvalue weighted by Gasteiger charge is 2.09. The van der Waals surface area contributed by atoms with Gasteiger partial charge in [-0.2, -0.15) is 5.10 Å². The van der Waals surface area contributed by atoms with E-state index < -0.39 is 5.97 Å². The molecule has 0 saturated carbocycles. The molecule has 1 rings (SSSR count). The lowest BCUT2D eigenvalue weighted by Crippen LogP contribution is -2.02. The number of rotatable bonds is 3. The van der Waals surface area contributed by atoms with Gasteiger partial charge >= 0.3 is 5.97 Å². The first kappa shape index (κ1) is 9.06. The first-order valence-electron chi connectivity index (χ1n) is 3.57. The molecule has 5 heteroatoms. The lowest BCUT2D eigenvalue weighted by Gasteiger charge is -1.91. The van der Waals surface area contributed by atoms with E-state index in [1.54, 1.807) is 10.9 Å². The van der Waals surface area contributed by atoms with Crippen LogP contribution in [0.25, 0.3) is 0 Å². The molecule has 0 atom stereocenters. The van der Waals surface area contributed by atoms with Crippen molar-refractivity contribution < 1.29 is 9.90 Å². The highest BCUT2D eigenvalue weighted by molar-refractivity contribution is 6.31. The van der Waals surface area contributed by atoms with Crippen molar-refractivity contribution in [2.24, 2.45) is 0 Å². The molecule has 0 fully saturated rings. The minimum absolute atomic E-state index is 0.119. The molecule has 0 aliphatic carbocycles. The number of aliphatic carboxylic acids is 1. The fourth-order valence-corrected chi connectivity index (χ4v) is 1.08. The molecule has 0 aliphatic heterocycles. The number of hydrogen-bond donors (Lipinski definition) is 1. The summed E-state index contributed by atoms with van der Waals surface area (Å²) >= 11 is 5.72. The maximum Gasteiger partial charge on any atom is 0.309 e. The van der Waals surface area contributed by atoms with Crippen LogP contribution in [0.1, 0.15) is 12.6 Å².